The van der Waals surface area contributed by atoms with Crippen LogP contribution in [0.2, 0.25) is 0 Å². The zero-order valence-electron chi connectivity index (χ0n) is 12.1. The lowest BCUT2D eigenvalue weighted by molar-refractivity contribution is 1.05. The Hall–Kier alpha value is -2.08. The molecule has 0 amide bonds. The van der Waals surface area contributed by atoms with Crippen molar-refractivity contribution in [3.05, 3.63) is 83.5 Å². The molecule has 0 radical (unpaired) electrons. The predicted octanol–water partition coefficient (Wildman–Crippen LogP) is 5.10. The van der Waals surface area contributed by atoms with Crippen molar-refractivity contribution in [1.29, 1.82) is 0 Å². The lowest BCUT2D eigenvalue weighted by Gasteiger charge is -2.14. The Labute approximate surface area is 121 Å². The molecule has 0 saturated heterocycles. The van der Waals surface area contributed by atoms with Crippen molar-refractivity contribution in [3.63, 3.8) is 0 Å². The summed E-state index contributed by atoms with van der Waals surface area (Å²) >= 11 is 0. The van der Waals surface area contributed by atoms with Gasteiger partial charge in [0.1, 0.15) is 0 Å². The molecule has 0 nitrogen and oxygen atoms in total. The Bertz CT molecular complexity index is 689. The molecule has 0 saturated carbocycles. The second-order valence-corrected chi connectivity index (χ2v) is 5.69. The first kappa shape index (κ1) is 12.9. The van der Waals surface area contributed by atoms with Gasteiger partial charge in [-0.15, -0.1) is 6.58 Å². The zero-order valence-corrected chi connectivity index (χ0v) is 12.1. The summed E-state index contributed by atoms with van der Waals surface area (Å²) in [6.07, 6.45) is 4.96. The second-order valence-electron chi connectivity index (χ2n) is 5.69. The summed E-state index contributed by atoms with van der Waals surface area (Å²) in [4.78, 5) is 0. The highest BCUT2D eigenvalue weighted by molar-refractivity contribution is 5.78. The summed E-state index contributed by atoms with van der Waals surface area (Å²) in [5, 5.41) is 0. The monoisotopic (exact) mass is 260 g/mol. The van der Waals surface area contributed by atoms with Crippen LogP contribution in [-0.4, -0.2) is 0 Å². The average molecular weight is 260 g/mol. The Morgan fingerprint density at radius 3 is 2.70 bits per heavy atom. The van der Waals surface area contributed by atoms with Crippen LogP contribution < -0.4 is 0 Å². The van der Waals surface area contributed by atoms with Crippen molar-refractivity contribution >= 4 is 0 Å². The van der Waals surface area contributed by atoms with E-state index in [2.05, 4.69) is 56.5 Å². The molecule has 0 heterocycles. The fraction of sp³-hybridized carbons (Fsp3) is 0.200. The van der Waals surface area contributed by atoms with Crippen molar-refractivity contribution in [3.8, 4) is 11.1 Å². The zero-order chi connectivity index (χ0) is 14.1. The van der Waals surface area contributed by atoms with Crippen LogP contribution in [0.15, 0.2) is 61.2 Å². The largest absolute Gasteiger partial charge is 0.103 e. The van der Waals surface area contributed by atoms with Gasteiger partial charge in [-0.2, -0.15) is 0 Å². The lowest BCUT2D eigenvalue weighted by Crippen LogP contribution is -2.00. The van der Waals surface area contributed by atoms with Crippen molar-refractivity contribution in [1.82, 2.24) is 0 Å². The summed E-state index contributed by atoms with van der Waals surface area (Å²) in [6.45, 7) is 10.1. The fourth-order valence-corrected chi connectivity index (χ4v) is 3.19. The number of rotatable bonds is 4. The van der Waals surface area contributed by atoms with Crippen LogP contribution in [0.5, 0.6) is 0 Å². The molecule has 0 atom stereocenters. The van der Waals surface area contributed by atoms with E-state index in [9.17, 15) is 0 Å². The third kappa shape index (κ3) is 2.12. The van der Waals surface area contributed by atoms with E-state index >= 15 is 0 Å². The first-order valence-corrected chi connectivity index (χ1v) is 7.18. The fourth-order valence-electron chi connectivity index (χ4n) is 3.19. The Morgan fingerprint density at radius 1 is 1.15 bits per heavy atom. The molecule has 0 unspecified atom stereocenters. The molecule has 2 aromatic rings. The normalized spacial score (nSPS) is 11.8. The van der Waals surface area contributed by atoms with E-state index in [1.54, 1.807) is 0 Å². The Morgan fingerprint density at radius 2 is 1.95 bits per heavy atom. The lowest BCUT2D eigenvalue weighted by atomic mass is 9.91. The van der Waals surface area contributed by atoms with Gasteiger partial charge in [-0.05, 0) is 59.6 Å². The van der Waals surface area contributed by atoms with Gasteiger partial charge >= 0.3 is 0 Å². The topological polar surface area (TPSA) is 0 Å². The number of hydrogen-bond donors (Lipinski definition) is 0. The van der Waals surface area contributed by atoms with Gasteiger partial charge < -0.3 is 0 Å². The van der Waals surface area contributed by atoms with Gasteiger partial charge in [-0.3, -0.25) is 0 Å². The second kappa shape index (κ2) is 5.13. The number of hydrogen-bond acceptors (Lipinski definition) is 0. The Balaban J connectivity index is 2.17. The van der Waals surface area contributed by atoms with Gasteiger partial charge in [0.2, 0.25) is 0 Å². The summed E-state index contributed by atoms with van der Waals surface area (Å²) in [6, 6.07) is 13.3. The van der Waals surface area contributed by atoms with Gasteiger partial charge in [-0.1, -0.05) is 54.6 Å². The standard InChI is InChI=1S/C20H20/c1-4-7-15-10-11-18-17-9-6-5-8-16(17)13-20(18)19(15)12-14(2)3/h4-6,8-11H,1-2,7,12-13H2,3H3. The molecule has 1 aliphatic carbocycles. The quantitative estimate of drug-likeness (QED) is 0.572. The molecule has 0 aliphatic heterocycles. The molecule has 2 aromatic carbocycles. The van der Waals surface area contributed by atoms with Gasteiger partial charge in [0, 0.05) is 0 Å². The summed E-state index contributed by atoms with van der Waals surface area (Å²) in [7, 11) is 0. The number of allylic oxidation sites excluding steroid dienone is 2. The maximum absolute atomic E-state index is 4.10. The molecule has 0 fully saturated rings. The third-order valence-corrected chi connectivity index (χ3v) is 4.05. The van der Waals surface area contributed by atoms with E-state index in [1.807, 2.05) is 6.08 Å². The van der Waals surface area contributed by atoms with Crippen molar-refractivity contribution in [2.45, 2.75) is 26.2 Å². The molecule has 0 heteroatoms. The van der Waals surface area contributed by atoms with Gasteiger partial charge in [0.05, 0.1) is 0 Å². The van der Waals surface area contributed by atoms with Crippen LogP contribution in [0.4, 0.5) is 0 Å². The summed E-state index contributed by atoms with van der Waals surface area (Å²) in [5.74, 6) is 0. The molecule has 0 spiro atoms. The van der Waals surface area contributed by atoms with Crippen LogP contribution in [0.3, 0.4) is 0 Å². The van der Waals surface area contributed by atoms with Crippen LogP contribution >= 0.6 is 0 Å². The minimum atomic E-state index is 0.937. The van der Waals surface area contributed by atoms with Gasteiger partial charge in [-0.25, -0.2) is 0 Å². The third-order valence-electron chi connectivity index (χ3n) is 4.05. The van der Waals surface area contributed by atoms with E-state index in [4.69, 9.17) is 0 Å². The number of benzene rings is 2. The van der Waals surface area contributed by atoms with E-state index in [0.717, 1.165) is 19.3 Å². The molecule has 100 valence electrons. The van der Waals surface area contributed by atoms with Crippen LogP contribution in [0.25, 0.3) is 11.1 Å². The van der Waals surface area contributed by atoms with E-state index in [0.29, 0.717) is 0 Å². The molecule has 0 aromatic heterocycles. The van der Waals surface area contributed by atoms with Crippen LogP contribution in [0.1, 0.15) is 29.2 Å². The minimum Gasteiger partial charge on any atom is -0.103 e. The Kier molecular flexibility index (Phi) is 3.31. The first-order chi connectivity index (χ1) is 9.70. The maximum Gasteiger partial charge on any atom is -0.00105 e. The van der Waals surface area contributed by atoms with E-state index in [1.165, 1.54) is 39.0 Å². The van der Waals surface area contributed by atoms with Gasteiger partial charge in [0.25, 0.3) is 0 Å². The smallest absolute Gasteiger partial charge is 0.00105 e. The predicted molar refractivity (Wildman–Crippen MR) is 87.1 cm³/mol. The highest BCUT2D eigenvalue weighted by Crippen LogP contribution is 2.40. The highest BCUT2D eigenvalue weighted by Gasteiger charge is 2.22. The van der Waals surface area contributed by atoms with E-state index < -0.39 is 0 Å². The molecule has 20 heavy (non-hydrogen) atoms. The first-order valence-electron chi connectivity index (χ1n) is 7.18. The van der Waals surface area contributed by atoms with Crippen LogP contribution in [0, 0.1) is 0 Å². The van der Waals surface area contributed by atoms with Crippen molar-refractivity contribution in [2.75, 3.05) is 0 Å². The average Bonchev–Trinajstić information content (AvgIpc) is 2.80. The van der Waals surface area contributed by atoms with Gasteiger partial charge in [0.15, 0.2) is 0 Å². The SMILES string of the molecule is C=CCc1ccc2c(c1CC(=C)C)Cc1ccccc1-2. The van der Waals surface area contributed by atoms with Crippen molar-refractivity contribution in [2.24, 2.45) is 0 Å². The molecular weight excluding hydrogens is 240 g/mol. The van der Waals surface area contributed by atoms with E-state index in [-0.39, 0.29) is 0 Å². The van der Waals surface area contributed by atoms with Crippen molar-refractivity contribution < 1.29 is 0 Å². The molecule has 3 rings (SSSR count). The van der Waals surface area contributed by atoms with Crippen LogP contribution in [-0.2, 0) is 19.3 Å². The highest BCUT2D eigenvalue weighted by atomic mass is 14.3. The molecule has 1 aliphatic rings. The maximum atomic E-state index is 4.10. The minimum absolute atomic E-state index is 0.937. The summed E-state index contributed by atoms with van der Waals surface area (Å²) < 4.78 is 0. The molecule has 0 N–H and O–H groups in total. The molecule has 0 bridgehead atoms. The summed E-state index contributed by atoms with van der Waals surface area (Å²) in [5.41, 5.74) is 9.83. The molecular formula is C20H20. The number of fused-ring (bicyclic) bond motifs is 3.